The largest absolute Gasteiger partial charge is 0.391 e. The number of carbonyl (C=O) groups excluding carboxylic acids is 3. The molecular formula is C24H27F3N4O3. The van der Waals surface area contributed by atoms with Crippen molar-refractivity contribution in [3.63, 3.8) is 0 Å². The van der Waals surface area contributed by atoms with E-state index >= 15 is 0 Å². The lowest BCUT2D eigenvalue weighted by atomic mass is 9.78. The van der Waals surface area contributed by atoms with Crippen LogP contribution in [-0.2, 0) is 4.79 Å². The molecule has 10 heteroatoms. The second-order valence-electron chi connectivity index (χ2n) is 9.86. The summed E-state index contributed by atoms with van der Waals surface area (Å²) in [4.78, 5) is 39.7. The zero-order valence-corrected chi connectivity index (χ0v) is 18.6. The Morgan fingerprint density at radius 2 is 1.85 bits per heavy atom. The van der Waals surface area contributed by atoms with Crippen molar-refractivity contribution in [1.29, 1.82) is 0 Å². The van der Waals surface area contributed by atoms with Crippen molar-refractivity contribution in [2.75, 3.05) is 5.32 Å². The summed E-state index contributed by atoms with van der Waals surface area (Å²) in [5.41, 5.74) is 6.42. The lowest BCUT2D eigenvalue weighted by molar-refractivity contribution is -0.186. The highest BCUT2D eigenvalue weighted by Crippen LogP contribution is 2.49. The maximum Gasteiger partial charge on any atom is 0.391 e. The molecule has 3 N–H and O–H groups in total. The fourth-order valence-corrected chi connectivity index (χ4v) is 5.87. The number of nitrogens with zero attached hydrogens (tertiary/aromatic N) is 2. The third-order valence-electron chi connectivity index (χ3n) is 7.64. The molecule has 1 aromatic heterocycles. The van der Waals surface area contributed by atoms with Crippen LogP contribution in [0.2, 0.25) is 0 Å². The van der Waals surface area contributed by atoms with Crippen LogP contribution < -0.4 is 11.1 Å². The molecule has 7 nitrogen and oxygen atoms in total. The van der Waals surface area contributed by atoms with Crippen LogP contribution in [0.1, 0.15) is 44.9 Å². The number of Topliss-reactive ketones (excluding diaryl/α,β-unsaturated/α-hetero) is 1. The summed E-state index contributed by atoms with van der Waals surface area (Å²) in [5, 5.41) is 3.48. The van der Waals surface area contributed by atoms with Gasteiger partial charge in [0.1, 0.15) is 0 Å². The number of hydrogen-bond acceptors (Lipinski definition) is 3. The van der Waals surface area contributed by atoms with Crippen LogP contribution in [0.4, 0.5) is 28.4 Å². The van der Waals surface area contributed by atoms with Gasteiger partial charge in [-0.25, -0.2) is 9.59 Å². The fraction of sp³-hybridized carbons (Fsp3) is 0.542. The normalized spacial score (nSPS) is 28.6. The quantitative estimate of drug-likeness (QED) is 0.657. The highest BCUT2D eigenvalue weighted by atomic mass is 19.4. The maximum absolute atomic E-state index is 13.3. The minimum Gasteiger partial charge on any atom is -0.351 e. The van der Waals surface area contributed by atoms with Crippen molar-refractivity contribution in [2.24, 2.45) is 23.5 Å². The molecule has 2 aliphatic carbocycles. The van der Waals surface area contributed by atoms with Crippen LogP contribution in [0.3, 0.4) is 0 Å². The van der Waals surface area contributed by atoms with Gasteiger partial charge < -0.3 is 16.0 Å². The summed E-state index contributed by atoms with van der Waals surface area (Å²) >= 11 is 0. The Bertz CT molecular complexity index is 1140. The number of primary amides is 1. The monoisotopic (exact) mass is 476 g/mol. The Balaban J connectivity index is 1.30. The lowest BCUT2D eigenvalue weighted by Crippen LogP contribution is -2.46. The molecule has 3 fully saturated rings. The smallest absolute Gasteiger partial charge is 0.351 e. The predicted octanol–water partition coefficient (Wildman–Crippen LogP) is 4.89. The highest BCUT2D eigenvalue weighted by Gasteiger charge is 2.56. The second-order valence-corrected chi connectivity index (χ2v) is 9.86. The molecule has 2 heterocycles. The molecule has 1 saturated heterocycles. The van der Waals surface area contributed by atoms with Gasteiger partial charge in [0.25, 0.3) is 0 Å². The van der Waals surface area contributed by atoms with E-state index in [0.717, 1.165) is 6.42 Å². The number of hydrogen-bond donors (Lipinski definition) is 2. The van der Waals surface area contributed by atoms with Gasteiger partial charge in [-0.15, -0.1) is 0 Å². The number of fused-ring (bicyclic) bond motifs is 2. The number of benzene rings is 1. The summed E-state index contributed by atoms with van der Waals surface area (Å²) in [6, 6.07) is 5.23. The Labute approximate surface area is 194 Å². The minimum atomic E-state index is -4.23. The lowest BCUT2D eigenvalue weighted by Gasteiger charge is -2.32. The second kappa shape index (κ2) is 8.32. The van der Waals surface area contributed by atoms with Crippen molar-refractivity contribution < 1.29 is 27.6 Å². The molecule has 182 valence electrons. The molecule has 2 saturated carbocycles. The number of para-hydroxylation sites is 1. The number of rotatable bonds is 4. The number of piperidine rings is 1. The molecule has 5 atom stereocenters. The van der Waals surface area contributed by atoms with E-state index in [1.807, 2.05) is 0 Å². The van der Waals surface area contributed by atoms with E-state index in [9.17, 15) is 27.6 Å². The van der Waals surface area contributed by atoms with Gasteiger partial charge in [0.15, 0.2) is 5.78 Å². The van der Waals surface area contributed by atoms with E-state index in [0.29, 0.717) is 35.9 Å². The predicted molar refractivity (Wildman–Crippen MR) is 119 cm³/mol. The number of ketones is 1. The van der Waals surface area contributed by atoms with Crippen molar-refractivity contribution in [3.05, 3.63) is 30.5 Å². The van der Waals surface area contributed by atoms with E-state index in [4.69, 9.17) is 5.73 Å². The van der Waals surface area contributed by atoms with E-state index in [-0.39, 0.29) is 42.9 Å². The van der Waals surface area contributed by atoms with E-state index in [2.05, 4.69) is 5.32 Å². The summed E-state index contributed by atoms with van der Waals surface area (Å²) < 4.78 is 40.8. The highest BCUT2D eigenvalue weighted by molar-refractivity contribution is 6.05. The topological polar surface area (TPSA) is 97.4 Å². The summed E-state index contributed by atoms with van der Waals surface area (Å²) in [6.07, 6.45) is -0.156. The van der Waals surface area contributed by atoms with Crippen LogP contribution in [0.15, 0.2) is 30.5 Å². The van der Waals surface area contributed by atoms with E-state index in [1.54, 1.807) is 29.2 Å². The number of nitrogens with two attached hydrogens (primary N) is 1. The first-order chi connectivity index (χ1) is 16.1. The third kappa shape index (κ3) is 4.14. The van der Waals surface area contributed by atoms with Crippen LogP contribution in [0.5, 0.6) is 0 Å². The number of amides is 3. The summed E-state index contributed by atoms with van der Waals surface area (Å²) in [6.45, 7) is 0. The zero-order chi connectivity index (χ0) is 24.2. The zero-order valence-electron chi connectivity index (χ0n) is 18.6. The first kappa shape index (κ1) is 22.7. The van der Waals surface area contributed by atoms with Crippen molar-refractivity contribution in [3.8, 4) is 0 Å². The molecule has 34 heavy (non-hydrogen) atoms. The van der Waals surface area contributed by atoms with Crippen molar-refractivity contribution in [1.82, 2.24) is 9.47 Å². The molecule has 0 radical (unpaired) electrons. The molecule has 1 aliphatic heterocycles. The minimum absolute atomic E-state index is 0.0202. The number of anilines is 1. The average molecular weight is 476 g/mol. The first-order valence-corrected chi connectivity index (χ1v) is 11.7. The molecule has 2 aromatic rings. The first-order valence-electron chi connectivity index (χ1n) is 11.7. The Morgan fingerprint density at radius 1 is 1.09 bits per heavy atom. The van der Waals surface area contributed by atoms with Crippen molar-refractivity contribution >= 4 is 34.4 Å². The molecule has 0 spiro atoms. The number of urea groups is 1. The number of aromatic nitrogens is 1. The van der Waals surface area contributed by atoms with Crippen LogP contribution in [0, 0.1) is 17.8 Å². The summed E-state index contributed by atoms with van der Waals surface area (Å²) in [7, 11) is 0. The molecule has 0 unspecified atom stereocenters. The molecular weight excluding hydrogens is 449 g/mol. The Kier molecular flexibility index (Phi) is 5.56. The summed E-state index contributed by atoms with van der Waals surface area (Å²) in [5.74, 6) is -1.56. The van der Waals surface area contributed by atoms with Gasteiger partial charge in [0, 0.05) is 24.0 Å². The molecule has 5 rings (SSSR count). The van der Waals surface area contributed by atoms with Gasteiger partial charge in [0.2, 0.25) is 0 Å². The average Bonchev–Trinajstić information content (AvgIpc) is 3.29. The Hall–Kier alpha value is -3.04. The number of likely N-dealkylation sites (tertiary alicyclic amines) is 1. The molecule has 3 amide bonds. The van der Waals surface area contributed by atoms with E-state index < -0.39 is 30.2 Å². The number of halogens is 3. The Morgan fingerprint density at radius 3 is 2.59 bits per heavy atom. The van der Waals surface area contributed by atoms with Gasteiger partial charge in [0.05, 0.1) is 23.2 Å². The molecule has 1 aromatic carbocycles. The van der Waals surface area contributed by atoms with Crippen LogP contribution in [0.25, 0.3) is 10.9 Å². The van der Waals surface area contributed by atoms with Crippen LogP contribution >= 0.6 is 0 Å². The van der Waals surface area contributed by atoms with Gasteiger partial charge in [-0.3, -0.25) is 9.36 Å². The van der Waals surface area contributed by atoms with Crippen molar-refractivity contribution in [2.45, 2.75) is 63.2 Å². The number of carbonyl (C=O) groups is 3. The fourth-order valence-electron chi connectivity index (χ4n) is 5.87. The molecule has 3 aliphatic rings. The van der Waals surface area contributed by atoms with Gasteiger partial charge in [-0.2, -0.15) is 13.2 Å². The number of nitrogens with one attached hydrogen (secondary N) is 1. The van der Waals surface area contributed by atoms with Gasteiger partial charge in [-0.1, -0.05) is 24.6 Å². The SMILES string of the molecule is NC(=O)n1cc(NC(=O)N2[C@@H]3C[C@@H]3C[C@H]2C(=O)C[C@@H]2CCC[C@H](C(F)(F)F)C2)c2ccccc21. The third-order valence-corrected chi connectivity index (χ3v) is 7.64. The van der Waals surface area contributed by atoms with Gasteiger partial charge in [-0.05, 0) is 50.0 Å². The van der Waals surface area contributed by atoms with E-state index in [1.165, 1.54) is 10.8 Å². The number of alkyl halides is 3. The standard InChI is InChI=1S/C24H27F3N4O3/c25-24(26,27)15-5-3-4-13(8-15)9-21(32)20-11-14-10-19(14)31(20)23(34)29-17-12-30(22(28)33)18-7-2-1-6-16(17)18/h1-2,6-7,12-15,19-20H,3-5,8-11H2,(H2,28,33)(H,29,34)/t13-,14-,15+,19-,20+/m1/s1. The van der Waals surface area contributed by atoms with Gasteiger partial charge >= 0.3 is 18.2 Å². The molecule has 0 bridgehead atoms. The van der Waals surface area contributed by atoms with Crippen LogP contribution in [-0.4, -0.2) is 45.6 Å². The maximum atomic E-state index is 13.3.